The van der Waals surface area contributed by atoms with Gasteiger partial charge in [-0.1, -0.05) is 13.8 Å². The number of carboxylic acids is 1. The lowest BCUT2D eigenvalue weighted by Gasteiger charge is -2.07. The normalized spacial score (nSPS) is 12.6. The van der Waals surface area contributed by atoms with Crippen LogP contribution >= 0.6 is 15.9 Å². The lowest BCUT2D eigenvalue weighted by Crippen LogP contribution is -2.10. The van der Waals surface area contributed by atoms with Crippen LogP contribution in [0.2, 0.25) is 0 Å². The lowest BCUT2D eigenvalue weighted by atomic mass is 10.2. The molecule has 0 amide bonds. The molecule has 19 heavy (non-hydrogen) atoms. The predicted octanol–water partition coefficient (Wildman–Crippen LogP) is 2.93. The molecule has 0 spiro atoms. The molecule has 0 radical (unpaired) electrons. The Kier molecular flexibility index (Phi) is 6.68. The van der Waals surface area contributed by atoms with Gasteiger partial charge in [-0.15, -0.1) is 0 Å². The average molecular weight is 349 g/mol. The van der Waals surface area contributed by atoms with Gasteiger partial charge in [-0.05, 0) is 40.0 Å². The molecule has 1 unspecified atom stereocenters. The number of ether oxygens (including phenoxy) is 1. The van der Waals surface area contributed by atoms with E-state index >= 15 is 0 Å². The van der Waals surface area contributed by atoms with Crippen molar-refractivity contribution in [2.45, 2.75) is 18.7 Å². The van der Waals surface area contributed by atoms with Crippen LogP contribution in [0.3, 0.4) is 0 Å². The first-order valence-electron chi connectivity index (χ1n) is 5.90. The fraction of sp³-hybridized carbons (Fsp3) is 0.462. The minimum Gasteiger partial charge on any atom is -0.478 e. The molecule has 0 aliphatic carbocycles. The average Bonchev–Trinajstić information content (AvgIpc) is 2.34. The topological polar surface area (TPSA) is 63.6 Å². The Morgan fingerprint density at radius 3 is 2.74 bits per heavy atom. The minimum atomic E-state index is -1.24. The van der Waals surface area contributed by atoms with E-state index in [9.17, 15) is 9.00 Å². The quantitative estimate of drug-likeness (QED) is 0.769. The summed E-state index contributed by atoms with van der Waals surface area (Å²) in [7, 11) is -1.24. The second-order valence-corrected chi connectivity index (χ2v) is 6.89. The maximum atomic E-state index is 12.0. The SMILES string of the molecule is CC(C)COCCS(=O)c1ccc(Br)c(C(=O)O)c1. The van der Waals surface area contributed by atoms with Crippen molar-refractivity contribution in [3.8, 4) is 0 Å². The van der Waals surface area contributed by atoms with Gasteiger partial charge in [0.2, 0.25) is 0 Å². The van der Waals surface area contributed by atoms with E-state index in [-0.39, 0.29) is 5.56 Å². The van der Waals surface area contributed by atoms with Gasteiger partial charge in [0.05, 0.1) is 28.7 Å². The van der Waals surface area contributed by atoms with Crippen LogP contribution in [0.25, 0.3) is 0 Å². The first-order chi connectivity index (χ1) is 8.91. The highest BCUT2D eigenvalue weighted by atomic mass is 79.9. The number of carboxylic acid groups (broad SMARTS) is 1. The molecular weight excluding hydrogens is 332 g/mol. The van der Waals surface area contributed by atoms with Gasteiger partial charge < -0.3 is 9.84 Å². The molecule has 0 saturated heterocycles. The van der Waals surface area contributed by atoms with Crippen LogP contribution in [0.15, 0.2) is 27.6 Å². The number of halogens is 1. The van der Waals surface area contributed by atoms with E-state index < -0.39 is 16.8 Å². The van der Waals surface area contributed by atoms with Gasteiger partial charge in [0.15, 0.2) is 0 Å². The summed E-state index contributed by atoms with van der Waals surface area (Å²) in [5, 5.41) is 8.99. The maximum Gasteiger partial charge on any atom is 0.336 e. The molecule has 1 rings (SSSR count). The molecule has 1 atom stereocenters. The van der Waals surface area contributed by atoms with E-state index in [0.29, 0.717) is 34.3 Å². The van der Waals surface area contributed by atoms with Crippen molar-refractivity contribution in [1.29, 1.82) is 0 Å². The van der Waals surface area contributed by atoms with Crippen molar-refractivity contribution in [2.24, 2.45) is 5.92 Å². The molecule has 0 bridgehead atoms. The molecule has 0 aliphatic rings. The Hall–Kier alpha value is -0.720. The molecule has 0 fully saturated rings. The summed E-state index contributed by atoms with van der Waals surface area (Å²) >= 11 is 3.16. The van der Waals surface area contributed by atoms with Crippen molar-refractivity contribution >= 4 is 32.7 Å². The first kappa shape index (κ1) is 16.3. The third kappa shape index (κ3) is 5.42. The number of rotatable bonds is 7. The fourth-order valence-electron chi connectivity index (χ4n) is 1.38. The van der Waals surface area contributed by atoms with Gasteiger partial charge >= 0.3 is 5.97 Å². The van der Waals surface area contributed by atoms with E-state index in [2.05, 4.69) is 15.9 Å². The zero-order chi connectivity index (χ0) is 14.4. The molecule has 0 heterocycles. The van der Waals surface area contributed by atoms with E-state index in [1.54, 1.807) is 12.1 Å². The fourth-order valence-corrected chi connectivity index (χ4v) is 2.77. The molecule has 4 nitrogen and oxygen atoms in total. The van der Waals surface area contributed by atoms with Gasteiger partial charge in [-0.2, -0.15) is 0 Å². The molecule has 1 N–H and O–H groups in total. The smallest absolute Gasteiger partial charge is 0.336 e. The lowest BCUT2D eigenvalue weighted by molar-refractivity contribution is 0.0695. The highest BCUT2D eigenvalue weighted by Crippen LogP contribution is 2.20. The van der Waals surface area contributed by atoms with E-state index in [1.165, 1.54) is 6.07 Å². The van der Waals surface area contributed by atoms with Crippen molar-refractivity contribution in [2.75, 3.05) is 19.0 Å². The number of hydrogen-bond acceptors (Lipinski definition) is 3. The zero-order valence-corrected chi connectivity index (χ0v) is 13.3. The highest BCUT2D eigenvalue weighted by molar-refractivity contribution is 9.10. The summed E-state index contributed by atoms with van der Waals surface area (Å²) in [5.41, 5.74) is 0.119. The van der Waals surface area contributed by atoms with Crippen LogP contribution in [0.4, 0.5) is 0 Å². The Balaban J connectivity index is 2.62. The molecule has 0 aliphatic heterocycles. The van der Waals surface area contributed by atoms with E-state index in [4.69, 9.17) is 9.84 Å². The van der Waals surface area contributed by atoms with Gasteiger partial charge in [0, 0.05) is 16.0 Å². The second kappa shape index (κ2) is 7.77. The van der Waals surface area contributed by atoms with Crippen LogP contribution in [-0.2, 0) is 15.5 Å². The molecule has 1 aromatic carbocycles. The standard InChI is InChI=1S/C13H17BrO4S/c1-9(2)8-18-5-6-19(17)10-3-4-12(14)11(7-10)13(15)16/h3-4,7,9H,5-6,8H2,1-2H3,(H,15,16). The first-order valence-corrected chi connectivity index (χ1v) is 8.02. The van der Waals surface area contributed by atoms with Gasteiger partial charge in [-0.25, -0.2) is 4.79 Å². The van der Waals surface area contributed by atoms with Crippen molar-refractivity contribution in [3.63, 3.8) is 0 Å². The summed E-state index contributed by atoms with van der Waals surface area (Å²) in [6.07, 6.45) is 0. The molecule has 106 valence electrons. The largest absolute Gasteiger partial charge is 0.478 e. The molecule has 0 aromatic heterocycles. The highest BCUT2D eigenvalue weighted by Gasteiger charge is 2.12. The molecular formula is C13H17BrO4S. The zero-order valence-electron chi connectivity index (χ0n) is 10.9. The molecule has 0 saturated carbocycles. The van der Waals surface area contributed by atoms with Crippen LogP contribution < -0.4 is 0 Å². The Bertz CT molecular complexity index is 474. The summed E-state index contributed by atoms with van der Waals surface area (Å²) in [6, 6.07) is 4.70. The van der Waals surface area contributed by atoms with Gasteiger partial charge in [0.1, 0.15) is 0 Å². The number of hydrogen-bond donors (Lipinski definition) is 1. The Labute approximate surface area is 123 Å². The maximum absolute atomic E-state index is 12.0. The monoisotopic (exact) mass is 348 g/mol. The third-order valence-corrected chi connectivity index (χ3v) is 4.30. The predicted molar refractivity (Wildman–Crippen MR) is 78.0 cm³/mol. The van der Waals surface area contributed by atoms with E-state index in [0.717, 1.165) is 0 Å². The number of carbonyl (C=O) groups is 1. The van der Waals surface area contributed by atoms with Crippen molar-refractivity contribution < 1.29 is 18.8 Å². The third-order valence-electron chi connectivity index (χ3n) is 2.30. The summed E-state index contributed by atoms with van der Waals surface area (Å²) < 4.78 is 17.9. The van der Waals surface area contributed by atoms with E-state index in [1.807, 2.05) is 13.8 Å². The van der Waals surface area contributed by atoms with Crippen LogP contribution in [0.5, 0.6) is 0 Å². The van der Waals surface area contributed by atoms with Crippen LogP contribution in [0, 0.1) is 5.92 Å². The second-order valence-electron chi connectivity index (χ2n) is 4.47. The number of aromatic carboxylic acids is 1. The summed E-state index contributed by atoms with van der Waals surface area (Å²) in [5.74, 6) is -0.227. The van der Waals surface area contributed by atoms with Crippen LogP contribution in [-0.4, -0.2) is 34.3 Å². The molecule has 1 aromatic rings. The van der Waals surface area contributed by atoms with Crippen molar-refractivity contribution in [3.05, 3.63) is 28.2 Å². The van der Waals surface area contributed by atoms with Gasteiger partial charge in [0.25, 0.3) is 0 Å². The number of benzene rings is 1. The summed E-state index contributed by atoms with van der Waals surface area (Å²) in [6.45, 7) is 5.14. The minimum absolute atomic E-state index is 0.119. The summed E-state index contributed by atoms with van der Waals surface area (Å²) in [4.78, 5) is 11.5. The Morgan fingerprint density at radius 1 is 1.47 bits per heavy atom. The molecule has 6 heteroatoms. The van der Waals surface area contributed by atoms with Gasteiger partial charge in [-0.3, -0.25) is 4.21 Å². The Morgan fingerprint density at radius 2 is 2.16 bits per heavy atom. The van der Waals surface area contributed by atoms with Crippen LogP contribution in [0.1, 0.15) is 24.2 Å². The van der Waals surface area contributed by atoms with Crippen molar-refractivity contribution in [1.82, 2.24) is 0 Å².